The van der Waals surface area contributed by atoms with E-state index in [1.165, 1.54) is 0 Å². The Hall–Kier alpha value is -1.65. The molecule has 0 bridgehead atoms. The number of nitrogens with zero attached hydrogens (tertiary/aromatic N) is 1. The molecule has 0 aliphatic carbocycles. The molecule has 4 heteroatoms. The highest BCUT2D eigenvalue weighted by Gasteiger charge is 2.17. The van der Waals surface area contributed by atoms with Crippen LogP contribution in [0.1, 0.15) is 41.7 Å². The zero-order valence-electron chi connectivity index (χ0n) is 11.6. The van der Waals surface area contributed by atoms with E-state index in [1.807, 2.05) is 51.1 Å². The Labute approximate surface area is 113 Å². The van der Waals surface area contributed by atoms with Crippen LogP contribution in [0.4, 0.5) is 0 Å². The van der Waals surface area contributed by atoms with Crippen LogP contribution < -0.4 is 5.32 Å². The lowest BCUT2D eigenvalue weighted by Gasteiger charge is -2.17. The summed E-state index contributed by atoms with van der Waals surface area (Å²) in [6, 6.07) is 9.74. The van der Waals surface area contributed by atoms with E-state index >= 15 is 0 Å². The zero-order chi connectivity index (χ0) is 13.8. The maximum atomic E-state index is 10.1. The fourth-order valence-electron chi connectivity index (χ4n) is 2.29. The number of hydrogen-bond acceptors (Lipinski definition) is 4. The number of aryl methyl sites for hydroxylation is 2. The molecule has 0 aliphatic rings. The number of nitrogens with one attached hydrogen (secondary N) is 1. The summed E-state index contributed by atoms with van der Waals surface area (Å²) in [4.78, 5) is 0. The first kappa shape index (κ1) is 13.8. The highest BCUT2D eigenvalue weighted by Crippen LogP contribution is 2.21. The van der Waals surface area contributed by atoms with Crippen molar-refractivity contribution >= 4 is 0 Å². The van der Waals surface area contributed by atoms with Gasteiger partial charge in [0.15, 0.2) is 0 Å². The summed E-state index contributed by atoms with van der Waals surface area (Å²) in [6.45, 7) is 6.37. The Morgan fingerprint density at radius 2 is 1.95 bits per heavy atom. The zero-order valence-corrected chi connectivity index (χ0v) is 11.6. The molecule has 0 fully saturated rings. The number of aliphatic hydroxyl groups is 1. The molecule has 2 rings (SSSR count). The van der Waals surface area contributed by atoms with E-state index < -0.39 is 6.10 Å². The Morgan fingerprint density at radius 1 is 1.26 bits per heavy atom. The Morgan fingerprint density at radius 3 is 2.53 bits per heavy atom. The number of aliphatic hydroxyl groups excluding tert-OH is 1. The molecule has 0 saturated heterocycles. The van der Waals surface area contributed by atoms with Crippen LogP contribution in [0.15, 0.2) is 34.9 Å². The third kappa shape index (κ3) is 3.22. The minimum atomic E-state index is -0.510. The van der Waals surface area contributed by atoms with Gasteiger partial charge in [0, 0.05) is 18.2 Å². The van der Waals surface area contributed by atoms with Crippen molar-refractivity contribution in [3.05, 3.63) is 52.9 Å². The van der Waals surface area contributed by atoms with E-state index in [4.69, 9.17) is 4.52 Å². The lowest BCUT2D eigenvalue weighted by Crippen LogP contribution is -2.25. The molecular formula is C15H20N2O2. The van der Waals surface area contributed by atoms with Crippen LogP contribution in [-0.2, 0) is 0 Å². The van der Waals surface area contributed by atoms with Gasteiger partial charge in [-0.05, 0) is 26.3 Å². The van der Waals surface area contributed by atoms with Crippen molar-refractivity contribution in [3.63, 3.8) is 0 Å². The third-order valence-electron chi connectivity index (χ3n) is 3.32. The van der Waals surface area contributed by atoms with Crippen molar-refractivity contribution in [3.8, 4) is 0 Å². The second kappa shape index (κ2) is 5.99. The monoisotopic (exact) mass is 260 g/mol. The van der Waals surface area contributed by atoms with Gasteiger partial charge in [0.2, 0.25) is 0 Å². The first-order valence-electron chi connectivity index (χ1n) is 6.48. The SMILES string of the molecule is Cc1noc(C)c1C(C)NCC(O)c1ccccc1. The summed E-state index contributed by atoms with van der Waals surface area (Å²) in [5, 5.41) is 17.4. The molecule has 2 aromatic rings. The number of aromatic nitrogens is 1. The average Bonchev–Trinajstić information content (AvgIpc) is 2.76. The van der Waals surface area contributed by atoms with Gasteiger partial charge < -0.3 is 14.9 Å². The second-order valence-electron chi connectivity index (χ2n) is 4.79. The van der Waals surface area contributed by atoms with Crippen molar-refractivity contribution in [1.29, 1.82) is 0 Å². The van der Waals surface area contributed by atoms with Gasteiger partial charge in [0.25, 0.3) is 0 Å². The van der Waals surface area contributed by atoms with Crippen LogP contribution in [0.25, 0.3) is 0 Å². The van der Waals surface area contributed by atoms with E-state index in [1.54, 1.807) is 0 Å². The third-order valence-corrected chi connectivity index (χ3v) is 3.32. The van der Waals surface area contributed by atoms with Crippen molar-refractivity contribution in [2.75, 3.05) is 6.54 Å². The topological polar surface area (TPSA) is 58.3 Å². The highest BCUT2D eigenvalue weighted by atomic mass is 16.5. The van der Waals surface area contributed by atoms with Crippen LogP contribution in [0.5, 0.6) is 0 Å². The fourth-order valence-corrected chi connectivity index (χ4v) is 2.29. The maximum Gasteiger partial charge on any atom is 0.138 e. The van der Waals surface area contributed by atoms with Crippen LogP contribution in [-0.4, -0.2) is 16.8 Å². The molecule has 0 spiro atoms. The summed E-state index contributed by atoms with van der Waals surface area (Å²) >= 11 is 0. The Balaban J connectivity index is 1.96. The molecule has 0 radical (unpaired) electrons. The van der Waals surface area contributed by atoms with E-state index in [9.17, 15) is 5.11 Å². The van der Waals surface area contributed by atoms with E-state index in [-0.39, 0.29) is 6.04 Å². The first-order chi connectivity index (χ1) is 9.09. The average molecular weight is 260 g/mol. The fraction of sp³-hybridized carbons (Fsp3) is 0.400. The Bertz CT molecular complexity index is 503. The second-order valence-corrected chi connectivity index (χ2v) is 4.79. The predicted octanol–water partition coefficient (Wildman–Crippen LogP) is 2.68. The molecule has 102 valence electrons. The van der Waals surface area contributed by atoms with Gasteiger partial charge in [-0.15, -0.1) is 0 Å². The van der Waals surface area contributed by atoms with Crippen LogP contribution >= 0.6 is 0 Å². The molecule has 2 unspecified atom stereocenters. The van der Waals surface area contributed by atoms with E-state index in [0.29, 0.717) is 6.54 Å². The standard InChI is InChI=1S/C15H20N2O2/c1-10(15-11(2)17-19-12(15)3)16-9-14(18)13-7-5-4-6-8-13/h4-8,10,14,16,18H,9H2,1-3H3. The minimum Gasteiger partial charge on any atom is -0.387 e. The van der Waals surface area contributed by atoms with Gasteiger partial charge in [-0.3, -0.25) is 0 Å². The van der Waals surface area contributed by atoms with Gasteiger partial charge in [0.1, 0.15) is 5.76 Å². The van der Waals surface area contributed by atoms with Gasteiger partial charge in [-0.2, -0.15) is 0 Å². The smallest absolute Gasteiger partial charge is 0.138 e. The predicted molar refractivity (Wildman–Crippen MR) is 73.8 cm³/mol. The van der Waals surface area contributed by atoms with Crippen molar-refractivity contribution in [2.45, 2.75) is 32.9 Å². The lowest BCUT2D eigenvalue weighted by molar-refractivity contribution is 0.170. The van der Waals surface area contributed by atoms with Crippen LogP contribution in [0.2, 0.25) is 0 Å². The largest absolute Gasteiger partial charge is 0.387 e. The van der Waals surface area contributed by atoms with Crippen molar-refractivity contribution < 1.29 is 9.63 Å². The van der Waals surface area contributed by atoms with Gasteiger partial charge in [0.05, 0.1) is 11.8 Å². The molecule has 1 heterocycles. The molecule has 2 N–H and O–H groups in total. The molecule has 0 amide bonds. The van der Waals surface area contributed by atoms with Crippen molar-refractivity contribution in [1.82, 2.24) is 10.5 Å². The summed E-state index contributed by atoms with van der Waals surface area (Å²) < 4.78 is 5.16. The van der Waals surface area contributed by atoms with Crippen LogP contribution in [0.3, 0.4) is 0 Å². The summed E-state index contributed by atoms with van der Waals surface area (Å²) in [7, 11) is 0. The van der Waals surface area contributed by atoms with E-state index in [0.717, 1.165) is 22.6 Å². The number of benzene rings is 1. The van der Waals surface area contributed by atoms with Gasteiger partial charge in [-0.1, -0.05) is 35.5 Å². The van der Waals surface area contributed by atoms with Crippen LogP contribution in [0, 0.1) is 13.8 Å². The van der Waals surface area contributed by atoms with Crippen molar-refractivity contribution in [2.24, 2.45) is 0 Å². The highest BCUT2D eigenvalue weighted by molar-refractivity contribution is 5.24. The van der Waals surface area contributed by atoms with E-state index in [2.05, 4.69) is 10.5 Å². The molecule has 0 aliphatic heterocycles. The maximum absolute atomic E-state index is 10.1. The van der Waals surface area contributed by atoms with Gasteiger partial charge >= 0.3 is 0 Å². The molecule has 0 saturated carbocycles. The lowest BCUT2D eigenvalue weighted by atomic mass is 10.1. The molecule has 19 heavy (non-hydrogen) atoms. The first-order valence-corrected chi connectivity index (χ1v) is 6.48. The summed E-state index contributed by atoms with van der Waals surface area (Å²) in [5.41, 5.74) is 2.88. The summed E-state index contributed by atoms with van der Waals surface area (Å²) in [6.07, 6.45) is -0.510. The minimum absolute atomic E-state index is 0.101. The summed E-state index contributed by atoms with van der Waals surface area (Å²) in [5.74, 6) is 0.826. The molecule has 1 aromatic carbocycles. The molecular weight excluding hydrogens is 240 g/mol. The molecule has 4 nitrogen and oxygen atoms in total. The number of rotatable bonds is 5. The van der Waals surface area contributed by atoms with Gasteiger partial charge in [-0.25, -0.2) is 0 Å². The normalized spacial score (nSPS) is 14.3. The molecule has 1 aromatic heterocycles. The quantitative estimate of drug-likeness (QED) is 0.867. The number of hydrogen-bond donors (Lipinski definition) is 2. The Kier molecular flexibility index (Phi) is 4.35. The molecule has 2 atom stereocenters.